The Morgan fingerprint density at radius 2 is 2.05 bits per heavy atom. The molecule has 0 bridgehead atoms. The molecule has 1 N–H and O–H groups in total. The smallest absolute Gasteiger partial charge is 0.240 e. The molecule has 2 rings (SSSR count). The number of thiophene rings is 1. The molecule has 0 aliphatic carbocycles. The summed E-state index contributed by atoms with van der Waals surface area (Å²) in [4.78, 5) is 12.8. The predicted molar refractivity (Wildman–Crippen MR) is 84.1 cm³/mol. The molecule has 0 unspecified atom stereocenters. The maximum atomic E-state index is 12.3. The molecule has 2 aromatic rings. The summed E-state index contributed by atoms with van der Waals surface area (Å²) in [6, 6.07) is 8.10. The molecule has 4 nitrogen and oxygen atoms in total. The molecule has 1 heterocycles. The Kier molecular flexibility index (Phi) is 4.92. The van der Waals surface area contributed by atoms with Gasteiger partial charge >= 0.3 is 0 Å². The Bertz CT molecular complexity index is 748. The lowest BCUT2D eigenvalue weighted by atomic mass is 10.1. The zero-order valence-electron chi connectivity index (χ0n) is 11.9. The molecule has 1 aromatic carbocycles. The van der Waals surface area contributed by atoms with Crippen LogP contribution in [0.1, 0.15) is 34.1 Å². The van der Waals surface area contributed by atoms with Crippen LogP contribution in [0.15, 0.2) is 40.6 Å². The van der Waals surface area contributed by atoms with Crippen LogP contribution in [0.3, 0.4) is 0 Å². The summed E-state index contributed by atoms with van der Waals surface area (Å²) >= 11 is 1.52. The summed E-state index contributed by atoms with van der Waals surface area (Å²) in [7, 11) is -3.61. The van der Waals surface area contributed by atoms with Gasteiger partial charge in [-0.25, -0.2) is 13.1 Å². The van der Waals surface area contributed by atoms with Gasteiger partial charge in [-0.15, -0.1) is 11.3 Å². The third-order valence-corrected chi connectivity index (χ3v) is 5.60. The van der Waals surface area contributed by atoms with Crippen LogP contribution in [0, 0.1) is 6.92 Å². The van der Waals surface area contributed by atoms with E-state index in [1.54, 1.807) is 19.1 Å². The zero-order chi connectivity index (χ0) is 15.5. The Morgan fingerprint density at radius 3 is 2.67 bits per heavy atom. The van der Waals surface area contributed by atoms with Crippen molar-refractivity contribution in [3.05, 3.63) is 51.7 Å². The van der Waals surface area contributed by atoms with Crippen molar-refractivity contribution in [2.75, 3.05) is 0 Å². The van der Waals surface area contributed by atoms with Gasteiger partial charge in [0.05, 0.1) is 4.90 Å². The highest BCUT2D eigenvalue weighted by Gasteiger charge is 2.16. The van der Waals surface area contributed by atoms with Crippen LogP contribution in [-0.2, 0) is 16.6 Å². The van der Waals surface area contributed by atoms with Crippen LogP contribution in [-0.4, -0.2) is 14.2 Å². The average molecular weight is 323 g/mol. The summed E-state index contributed by atoms with van der Waals surface area (Å²) in [5, 5.41) is 1.93. The second-order valence-corrected chi connectivity index (χ2v) is 7.42. The van der Waals surface area contributed by atoms with Crippen molar-refractivity contribution in [1.82, 2.24) is 4.72 Å². The van der Waals surface area contributed by atoms with Gasteiger partial charge in [0.2, 0.25) is 10.0 Å². The summed E-state index contributed by atoms with van der Waals surface area (Å²) in [6.07, 6.45) is 0.352. The second-order valence-electron chi connectivity index (χ2n) is 4.66. The van der Waals surface area contributed by atoms with E-state index in [0.29, 0.717) is 12.0 Å². The van der Waals surface area contributed by atoms with Crippen LogP contribution in [0.4, 0.5) is 0 Å². The molecule has 1 aromatic heterocycles. The van der Waals surface area contributed by atoms with E-state index in [2.05, 4.69) is 4.72 Å². The first-order valence-electron chi connectivity index (χ1n) is 6.60. The molecule has 0 amide bonds. The minimum Gasteiger partial charge on any atom is -0.294 e. The number of hydrogen-bond acceptors (Lipinski definition) is 4. The predicted octanol–water partition coefficient (Wildman–Crippen LogP) is 3.13. The molecule has 6 heteroatoms. The van der Waals surface area contributed by atoms with E-state index in [0.717, 1.165) is 10.4 Å². The molecular formula is C15H17NO3S2. The van der Waals surface area contributed by atoms with Gasteiger partial charge in [0.1, 0.15) is 0 Å². The molecule has 0 saturated carbocycles. The topological polar surface area (TPSA) is 63.2 Å². The summed E-state index contributed by atoms with van der Waals surface area (Å²) < 4.78 is 27.1. The fraction of sp³-hybridized carbons (Fsp3) is 0.267. The Balaban J connectivity index is 2.19. The van der Waals surface area contributed by atoms with Gasteiger partial charge in [-0.1, -0.05) is 19.1 Å². The molecular weight excluding hydrogens is 306 g/mol. The van der Waals surface area contributed by atoms with E-state index < -0.39 is 10.0 Å². The molecule has 0 spiro atoms. The highest BCUT2D eigenvalue weighted by molar-refractivity contribution is 7.89. The van der Waals surface area contributed by atoms with Crippen LogP contribution >= 0.6 is 11.3 Å². The molecule has 0 atom stereocenters. The quantitative estimate of drug-likeness (QED) is 0.831. The average Bonchev–Trinajstić information content (AvgIpc) is 2.90. The number of aryl methyl sites for hydroxylation is 1. The van der Waals surface area contributed by atoms with Crippen LogP contribution in [0.5, 0.6) is 0 Å². The van der Waals surface area contributed by atoms with Gasteiger partial charge in [0.25, 0.3) is 0 Å². The molecule has 0 aliphatic heterocycles. The maximum absolute atomic E-state index is 12.3. The molecule has 0 fully saturated rings. The molecule has 112 valence electrons. The van der Waals surface area contributed by atoms with Crippen LogP contribution in [0.25, 0.3) is 0 Å². The minimum absolute atomic E-state index is 0.0684. The van der Waals surface area contributed by atoms with Crippen molar-refractivity contribution in [3.8, 4) is 0 Å². The second kappa shape index (κ2) is 6.51. The summed E-state index contributed by atoms with van der Waals surface area (Å²) in [5.41, 5.74) is 1.49. The number of Topliss-reactive ketones (excluding diaryl/α,β-unsaturated/α-hetero) is 1. The summed E-state index contributed by atoms with van der Waals surface area (Å²) in [5.74, 6) is -0.0684. The number of carbonyl (C=O) groups is 1. The standard InChI is InChI=1S/C15H17NO3S2/c1-3-14(17)12-5-4-6-13(9-12)21(18,19)16-10-15-11(2)7-8-20-15/h4-9,16H,3,10H2,1-2H3. The molecule has 0 saturated heterocycles. The monoisotopic (exact) mass is 323 g/mol. The van der Waals surface area contributed by atoms with Crippen molar-refractivity contribution in [2.45, 2.75) is 31.7 Å². The number of hydrogen-bond donors (Lipinski definition) is 1. The number of benzene rings is 1. The lowest BCUT2D eigenvalue weighted by Crippen LogP contribution is -2.23. The van der Waals surface area contributed by atoms with Gasteiger partial charge in [-0.2, -0.15) is 0 Å². The molecule has 0 aliphatic rings. The van der Waals surface area contributed by atoms with E-state index in [1.807, 2.05) is 18.4 Å². The SMILES string of the molecule is CCC(=O)c1cccc(S(=O)(=O)NCc2sccc2C)c1. The van der Waals surface area contributed by atoms with Crippen molar-refractivity contribution >= 4 is 27.1 Å². The molecule has 21 heavy (non-hydrogen) atoms. The van der Waals surface area contributed by atoms with E-state index >= 15 is 0 Å². The number of ketones is 1. The highest BCUT2D eigenvalue weighted by atomic mass is 32.2. The number of nitrogens with one attached hydrogen (secondary N) is 1. The highest BCUT2D eigenvalue weighted by Crippen LogP contribution is 2.17. The lowest BCUT2D eigenvalue weighted by molar-refractivity contribution is 0.0988. The van der Waals surface area contributed by atoms with E-state index in [4.69, 9.17) is 0 Å². The lowest BCUT2D eigenvalue weighted by Gasteiger charge is -2.07. The Labute approximate surface area is 128 Å². The van der Waals surface area contributed by atoms with E-state index in [9.17, 15) is 13.2 Å². The van der Waals surface area contributed by atoms with Gasteiger partial charge < -0.3 is 0 Å². The van der Waals surface area contributed by atoms with Gasteiger partial charge in [-0.05, 0) is 36.1 Å². The molecule has 0 radical (unpaired) electrons. The number of carbonyl (C=O) groups excluding carboxylic acids is 1. The Hall–Kier alpha value is -1.50. The normalized spacial score (nSPS) is 11.5. The fourth-order valence-corrected chi connectivity index (χ4v) is 3.85. The van der Waals surface area contributed by atoms with Gasteiger partial charge in [0.15, 0.2) is 5.78 Å². The third kappa shape index (κ3) is 3.78. The number of sulfonamides is 1. The first kappa shape index (κ1) is 15.9. The minimum atomic E-state index is -3.61. The summed E-state index contributed by atoms with van der Waals surface area (Å²) in [6.45, 7) is 3.96. The van der Waals surface area contributed by atoms with E-state index in [-0.39, 0.29) is 17.2 Å². The van der Waals surface area contributed by atoms with Gasteiger partial charge in [0, 0.05) is 23.4 Å². The first-order valence-corrected chi connectivity index (χ1v) is 8.96. The maximum Gasteiger partial charge on any atom is 0.240 e. The fourth-order valence-electron chi connectivity index (χ4n) is 1.87. The Morgan fingerprint density at radius 1 is 1.29 bits per heavy atom. The van der Waals surface area contributed by atoms with Crippen molar-refractivity contribution < 1.29 is 13.2 Å². The van der Waals surface area contributed by atoms with Crippen molar-refractivity contribution in [1.29, 1.82) is 0 Å². The zero-order valence-corrected chi connectivity index (χ0v) is 13.6. The third-order valence-electron chi connectivity index (χ3n) is 3.18. The van der Waals surface area contributed by atoms with Crippen LogP contribution in [0.2, 0.25) is 0 Å². The van der Waals surface area contributed by atoms with Crippen molar-refractivity contribution in [2.24, 2.45) is 0 Å². The van der Waals surface area contributed by atoms with E-state index in [1.165, 1.54) is 23.5 Å². The largest absolute Gasteiger partial charge is 0.294 e. The first-order chi connectivity index (χ1) is 9.94. The van der Waals surface area contributed by atoms with Gasteiger partial charge in [-0.3, -0.25) is 4.79 Å². The number of rotatable bonds is 6. The van der Waals surface area contributed by atoms with Crippen LogP contribution < -0.4 is 4.72 Å². The van der Waals surface area contributed by atoms with Crippen molar-refractivity contribution in [3.63, 3.8) is 0 Å².